The van der Waals surface area contributed by atoms with Crippen molar-refractivity contribution in [3.05, 3.63) is 27.1 Å². The van der Waals surface area contributed by atoms with Gasteiger partial charge >= 0.3 is 6.03 Å². The molecule has 1 N–H and O–H groups in total. The molecule has 1 unspecified atom stereocenters. The molecule has 1 atom stereocenters. The predicted octanol–water partition coefficient (Wildman–Crippen LogP) is 0.449. The lowest BCUT2D eigenvalue weighted by atomic mass is 10.0. The van der Waals surface area contributed by atoms with Gasteiger partial charge in [-0.2, -0.15) is 9.61 Å². The Morgan fingerprint density at radius 3 is 3.04 bits per heavy atom. The minimum Gasteiger partial charge on any atom is -0.336 e. The van der Waals surface area contributed by atoms with E-state index in [2.05, 4.69) is 20.3 Å². The molecule has 0 aromatic carbocycles. The number of carbonyl (C=O) groups excluding carboxylic acids is 1. The van der Waals surface area contributed by atoms with E-state index in [9.17, 15) is 9.59 Å². The number of piperidine rings is 1. The van der Waals surface area contributed by atoms with Gasteiger partial charge in [-0.25, -0.2) is 9.78 Å². The maximum atomic E-state index is 12.2. The molecule has 0 saturated carbocycles. The van der Waals surface area contributed by atoms with Crippen LogP contribution < -0.4 is 10.9 Å². The summed E-state index contributed by atoms with van der Waals surface area (Å²) in [5.41, 5.74) is 0.641. The summed E-state index contributed by atoms with van der Waals surface area (Å²) in [6.45, 7) is 5.81. The molecule has 0 aliphatic carbocycles. The van der Waals surface area contributed by atoms with E-state index in [4.69, 9.17) is 0 Å². The van der Waals surface area contributed by atoms with Crippen molar-refractivity contribution >= 4 is 22.3 Å². The monoisotopic (exact) mass is 348 g/mol. The number of urea groups is 1. The highest BCUT2D eigenvalue weighted by Crippen LogP contribution is 2.19. The molecular weight excluding hydrogens is 328 g/mol. The second-order valence-electron chi connectivity index (χ2n) is 6.36. The van der Waals surface area contributed by atoms with Gasteiger partial charge in [-0.3, -0.25) is 9.69 Å². The van der Waals surface area contributed by atoms with Crippen molar-refractivity contribution in [3.8, 4) is 0 Å². The van der Waals surface area contributed by atoms with E-state index in [-0.39, 0.29) is 17.6 Å². The van der Waals surface area contributed by atoms with Gasteiger partial charge in [0.1, 0.15) is 5.01 Å². The zero-order valence-corrected chi connectivity index (χ0v) is 14.4. The van der Waals surface area contributed by atoms with Crippen LogP contribution >= 0.6 is 11.3 Å². The standard InChI is InChI=1S/C15H20N6O2S/c1-10-18-21-13(22)7-11(17-15(21)24-10)8-19-5-2-3-12(9-19)20-6-4-16-14(20)23/h7,12H,2-6,8-9H2,1H3,(H,16,23). The average molecular weight is 348 g/mol. The number of likely N-dealkylation sites (tertiary alicyclic amines) is 1. The molecule has 2 aromatic rings. The second kappa shape index (κ2) is 6.14. The first-order valence-corrected chi connectivity index (χ1v) is 9.05. The Morgan fingerprint density at radius 1 is 1.38 bits per heavy atom. The Balaban J connectivity index is 1.50. The maximum absolute atomic E-state index is 12.2. The number of nitrogens with zero attached hydrogens (tertiary/aromatic N) is 5. The molecule has 2 aliphatic heterocycles. The van der Waals surface area contributed by atoms with Crippen LogP contribution in [-0.4, -0.2) is 62.6 Å². The molecule has 128 valence electrons. The fourth-order valence-corrected chi connectivity index (χ4v) is 4.29. The number of fused-ring (bicyclic) bond motifs is 1. The summed E-state index contributed by atoms with van der Waals surface area (Å²) in [7, 11) is 0. The number of hydrogen-bond acceptors (Lipinski definition) is 6. The first-order chi connectivity index (χ1) is 11.6. The normalized spacial score (nSPS) is 22.3. The predicted molar refractivity (Wildman–Crippen MR) is 90.3 cm³/mol. The molecule has 24 heavy (non-hydrogen) atoms. The van der Waals surface area contributed by atoms with Crippen LogP contribution in [-0.2, 0) is 6.54 Å². The molecule has 4 rings (SSSR count). The van der Waals surface area contributed by atoms with Crippen molar-refractivity contribution in [3.63, 3.8) is 0 Å². The number of hydrogen-bond donors (Lipinski definition) is 1. The van der Waals surface area contributed by atoms with E-state index in [1.807, 2.05) is 11.8 Å². The van der Waals surface area contributed by atoms with Crippen molar-refractivity contribution in [2.45, 2.75) is 32.4 Å². The van der Waals surface area contributed by atoms with E-state index in [0.717, 1.165) is 49.7 Å². The fourth-order valence-electron chi connectivity index (χ4n) is 3.53. The molecule has 2 fully saturated rings. The van der Waals surface area contributed by atoms with E-state index >= 15 is 0 Å². The van der Waals surface area contributed by atoms with Crippen LogP contribution in [0.5, 0.6) is 0 Å². The minimum atomic E-state index is -0.133. The average Bonchev–Trinajstić information content (AvgIpc) is 3.13. The highest BCUT2D eigenvalue weighted by molar-refractivity contribution is 7.16. The number of carbonyl (C=O) groups is 1. The fraction of sp³-hybridized carbons (Fsp3) is 0.600. The molecule has 4 heterocycles. The third-order valence-electron chi connectivity index (χ3n) is 4.60. The summed E-state index contributed by atoms with van der Waals surface area (Å²) >= 11 is 1.42. The Labute approximate surface area is 143 Å². The number of aryl methyl sites for hydroxylation is 1. The van der Waals surface area contributed by atoms with Gasteiger partial charge in [0.2, 0.25) is 4.96 Å². The van der Waals surface area contributed by atoms with Crippen LogP contribution in [0.15, 0.2) is 10.9 Å². The summed E-state index contributed by atoms with van der Waals surface area (Å²) in [6.07, 6.45) is 2.09. The first kappa shape index (κ1) is 15.5. The molecule has 0 radical (unpaired) electrons. The lowest BCUT2D eigenvalue weighted by Gasteiger charge is -2.36. The topological polar surface area (TPSA) is 82.8 Å². The zero-order chi connectivity index (χ0) is 16.7. The third-order valence-corrected chi connectivity index (χ3v) is 5.42. The molecular formula is C15H20N6O2S. The van der Waals surface area contributed by atoms with Gasteiger partial charge < -0.3 is 10.2 Å². The molecule has 2 aromatic heterocycles. The number of nitrogens with one attached hydrogen (secondary N) is 1. The largest absolute Gasteiger partial charge is 0.336 e. The quantitative estimate of drug-likeness (QED) is 0.871. The molecule has 8 nitrogen and oxygen atoms in total. The second-order valence-corrected chi connectivity index (χ2v) is 7.52. The third kappa shape index (κ3) is 2.89. The molecule has 2 aliphatic rings. The number of amides is 2. The van der Waals surface area contributed by atoms with Crippen molar-refractivity contribution in [2.24, 2.45) is 0 Å². The van der Waals surface area contributed by atoms with Crippen molar-refractivity contribution in [1.29, 1.82) is 0 Å². The van der Waals surface area contributed by atoms with Crippen molar-refractivity contribution in [2.75, 3.05) is 26.2 Å². The first-order valence-electron chi connectivity index (χ1n) is 8.23. The summed E-state index contributed by atoms with van der Waals surface area (Å²) in [5, 5.41) is 7.87. The minimum absolute atomic E-state index is 0.0415. The van der Waals surface area contributed by atoms with Crippen LogP contribution in [0.4, 0.5) is 4.79 Å². The lowest BCUT2D eigenvalue weighted by Crippen LogP contribution is -2.48. The summed E-state index contributed by atoms with van der Waals surface area (Å²) in [5.74, 6) is 0. The molecule has 0 bridgehead atoms. The van der Waals surface area contributed by atoms with Gasteiger partial charge in [0.25, 0.3) is 5.56 Å². The summed E-state index contributed by atoms with van der Waals surface area (Å²) in [4.78, 5) is 33.5. The van der Waals surface area contributed by atoms with E-state index in [0.29, 0.717) is 11.5 Å². The number of rotatable bonds is 3. The van der Waals surface area contributed by atoms with Gasteiger partial charge in [-0.05, 0) is 26.3 Å². The maximum Gasteiger partial charge on any atom is 0.317 e. The van der Waals surface area contributed by atoms with E-state index in [1.54, 1.807) is 6.07 Å². The van der Waals surface area contributed by atoms with Crippen LogP contribution in [0, 0.1) is 6.92 Å². The lowest BCUT2D eigenvalue weighted by molar-refractivity contribution is 0.121. The molecule has 2 amide bonds. The van der Waals surface area contributed by atoms with Gasteiger partial charge in [-0.1, -0.05) is 11.3 Å². The Hall–Kier alpha value is -2.00. The SMILES string of the molecule is Cc1nn2c(=O)cc(CN3CCCC(N4CCNC4=O)C3)nc2s1. The summed E-state index contributed by atoms with van der Waals surface area (Å²) < 4.78 is 1.36. The molecule has 9 heteroatoms. The van der Waals surface area contributed by atoms with Gasteiger partial charge in [0.05, 0.1) is 5.69 Å². The summed E-state index contributed by atoms with van der Waals surface area (Å²) in [6, 6.07) is 1.86. The Bertz CT molecular complexity index is 831. The van der Waals surface area contributed by atoms with E-state index in [1.165, 1.54) is 15.9 Å². The van der Waals surface area contributed by atoms with Gasteiger partial charge in [0, 0.05) is 38.3 Å². The van der Waals surface area contributed by atoms with Crippen molar-refractivity contribution < 1.29 is 4.79 Å². The highest BCUT2D eigenvalue weighted by Gasteiger charge is 2.31. The van der Waals surface area contributed by atoms with Crippen LogP contribution in [0.3, 0.4) is 0 Å². The highest BCUT2D eigenvalue weighted by atomic mass is 32.1. The Kier molecular flexibility index (Phi) is 3.97. The van der Waals surface area contributed by atoms with Crippen molar-refractivity contribution in [1.82, 2.24) is 29.7 Å². The van der Waals surface area contributed by atoms with Crippen LogP contribution in [0.2, 0.25) is 0 Å². The number of aromatic nitrogens is 3. The van der Waals surface area contributed by atoms with Gasteiger partial charge in [-0.15, -0.1) is 0 Å². The Morgan fingerprint density at radius 2 is 2.25 bits per heavy atom. The van der Waals surface area contributed by atoms with E-state index < -0.39 is 0 Å². The van der Waals surface area contributed by atoms with Crippen LogP contribution in [0.25, 0.3) is 4.96 Å². The molecule has 2 saturated heterocycles. The zero-order valence-electron chi connectivity index (χ0n) is 13.6. The smallest absolute Gasteiger partial charge is 0.317 e. The van der Waals surface area contributed by atoms with Crippen LogP contribution in [0.1, 0.15) is 23.5 Å². The van der Waals surface area contributed by atoms with Gasteiger partial charge in [0.15, 0.2) is 0 Å². The molecule has 0 spiro atoms.